The minimum atomic E-state index is -0.963. The van der Waals surface area contributed by atoms with Crippen LogP contribution in [0.4, 0.5) is 21.9 Å². The highest BCUT2D eigenvalue weighted by Crippen LogP contribution is 2.36. The number of carbonyl (C=O) groups is 2. The van der Waals surface area contributed by atoms with Crippen molar-refractivity contribution < 1.29 is 19.4 Å². The Morgan fingerprint density at radius 2 is 1.33 bits per heavy atom. The van der Waals surface area contributed by atoms with E-state index in [9.17, 15) is 9.59 Å². The van der Waals surface area contributed by atoms with E-state index in [4.69, 9.17) is 38.0 Å². The fraction of sp³-hybridized carbons (Fsp3) is 0.0857. The van der Waals surface area contributed by atoms with Gasteiger partial charge >= 0.3 is 12.1 Å². The van der Waals surface area contributed by atoms with E-state index in [1.165, 1.54) is 0 Å². The maximum Gasteiger partial charge on any atom is 0.412 e. The van der Waals surface area contributed by atoms with Crippen LogP contribution < -0.4 is 5.32 Å². The average molecular weight is 651 g/mol. The number of aliphatic imine (C=N–C) groups is 2. The molecule has 0 radical (unpaired) electrons. The standard InChI is InChI=1S/C21H16ClN3O2.C14H9ClN2O2/c22-19-12-15(9-10-23-19)18-11-16-7-4-8-17(20(16)24-18)25-21(26)27-13-14-5-2-1-3-6-14;15-12-7-8(4-5-16-12)11-6-9-2-1-3-10(14(18)19)13(9)17-11/h1-10,12H,11,13H2,(H,25,26);1-5,7H,6H2,(H,18,19). The number of amides is 1. The SMILES string of the molecule is O=C(Nc1cccc2c1N=C(c1ccnc(Cl)c1)C2)OCc1ccccc1.O=C(O)c1cccc2c1N=C(c1ccnc(Cl)c1)C2. The Bertz CT molecular complexity index is 2010. The van der Waals surface area contributed by atoms with Gasteiger partial charge in [-0.05, 0) is 53.1 Å². The van der Waals surface area contributed by atoms with Gasteiger partial charge in [-0.3, -0.25) is 10.3 Å². The molecule has 5 aromatic rings. The summed E-state index contributed by atoms with van der Waals surface area (Å²) in [5, 5.41) is 12.8. The molecule has 0 saturated heterocycles. The van der Waals surface area contributed by atoms with Gasteiger partial charge in [0.15, 0.2) is 0 Å². The molecular formula is C35H25Cl2N5O4. The number of fused-ring (bicyclic) bond motifs is 2. The van der Waals surface area contributed by atoms with Gasteiger partial charge in [0.25, 0.3) is 0 Å². The number of aromatic carboxylic acids is 1. The minimum absolute atomic E-state index is 0.214. The molecular weight excluding hydrogens is 625 g/mol. The highest BCUT2D eigenvalue weighted by molar-refractivity contribution is 6.30. The molecule has 2 aromatic heterocycles. The van der Waals surface area contributed by atoms with Crippen molar-refractivity contribution in [2.24, 2.45) is 9.98 Å². The first kappa shape index (κ1) is 30.6. The fourth-order valence-corrected chi connectivity index (χ4v) is 5.43. The normalized spacial score (nSPS) is 12.6. The van der Waals surface area contributed by atoms with Crippen molar-refractivity contribution in [1.82, 2.24) is 9.97 Å². The topological polar surface area (TPSA) is 126 Å². The Morgan fingerprint density at radius 1 is 0.739 bits per heavy atom. The van der Waals surface area contributed by atoms with Crippen molar-refractivity contribution in [2.75, 3.05) is 5.32 Å². The lowest BCUT2D eigenvalue weighted by Crippen LogP contribution is -2.13. The van der Waals surface area contributed by atoms with Crippen molar-refractivity contribution in [3.63, 3.8) is 0 Å². The maximum absolute atomic E-state index is 12.2. The molecule has 0 unspecified atom stereocenters. The molecule has 2 aliphatic heterocycles. The van der Waals surface area contributed by atoms with Gasteiger partial charge in [0.05, 0.1) is 34.0 Å². The number of hydrogen-bond donors (Lipinski definition) is 2. The molecule has 0 atom stereocenters. The second-order valence-corrected chi connectivity index (χ2v) is 11.1. The Kier molecular flexibility index (Phi) is 9.14. The van der Waals surface area contributed by atoms with E-state index in [0.29, 0.717) is 34.5 Å². The highest BCUT2D eigenvalue weighted by atomic mass is 35.5. The summed E-state index contributed by atoms with van der Waals surface area (Å²) in [6, 6.07) is 27.6. The molecule has 3 aromatic carbocycles. The van der Waals surface area contributed by atoms with Crippen LogP contribution in [0.25, 0.3) is 0 Å². The maximum atomic E-state index is 12.2. The quantitative estimate of drug-likeness (QED) is 0.178. The first-order valence-electron chi connectivity index (χ1n) is 14.2. The number of carboxylic acids is 1. The Hall–Kier alpha value is -5.38. The molecule has 9 nitrogen and oxygen atoms in total. The third-order valence-corrected chi connectivity index (χ3v) is 7.66. The second kappa shape index (κ2) is 13.7. The van der Waals surface area contributed by atoms with E-state index in [1.807, 2.05) is 66.7 Å². The molecule has 0 bridgehead atoms. The number of pyridine rings is 2. The molecule has 0 fully saturated rings. The number of anilines is 1. The smallest absolute Gasteiger partial charge is 0.412 e. The van der Waals surface area contributed by atoms with Gasteiger partial charge in [0, 0.05) is 36.4 Å². The van der Waals surface area contributed by atoms with Crippen molar-refractivity contribution in [1.29, 1.82) is 0 Å². The van der Waals surface area contributed by atoms with E-state index in [0.717, 1.165) is 44.9 Å². The molecule has 7 rings (SSSR count). The number of para-hydroxylation sites is 2. The van der Waals surface area contributed by atoms with Crippen LogP contribution in [0.2, 0.25) is 10.3 Å². The van der Waals surface area contributed by atoms with E-state index < -0.39 is 12.1 Å². The Morgan fingerprint density at radius 3 is 1.93 bits per heavy atom. The third kappa shape index (κ3) is 7.12. The molecule has 46 heavy (non-hydrogen) atoms. The number of hydrogen-bond acceptors (Lipinski definition) is 7. The summed E-state index contributed by atoms with van der Waals surface area (Å²) in [7, 11) is 0. The first-order chi connectivity index (χ1) is 22.3. The number of carboxylic acid groups (broad SMARTS) is 1. The molecule has 0 spiro atoms. The van der Waals surface area contributed by atoms with Gasteiger partial charge in [-0.15, -0.1) is 0 Å². The molecule has 11 heteroatoms. The zero-order chi connectivity index (χ0) is 32.0. The Labute approximate surface area is 274 Å². The highest BCUT2D eigenvalue weighted by Gasteiger charge is 2.22. The van der Waals surface area contributed by atoms with Crippen LogP contribution in [0.15, 0.2) is 113 Å². The van der Waals surface area contributed by atoms with Gasteiger partial charge in [-0.1, -0.05) is 77.8 Å². The molecule has 2 aliphatic rings. The monoisotopic (exact) mass is 649 g/mol. The number of benzene rings is 3. The summed E-state index contributed by atoms with van der Waals surface area (Å²) < 4.78 is 5.29. The zero-order valence-corrected chi connectivity index (χ0v) is 25.7. The van der Waals surface area contributed by atoms with E-state index >= 15 is 0 Å². The van der Waals surface area contributed by atoms with E-state index in [-0.39, 0.29) is 12.2 Å². The van der Waals surface area contributed by atoms with Crippen LogP contribution in [0, 0.1) is 0 Å². The summed E-state index contributed by atoms with van der Waals surface area (Å²) >= 11 is 11.8. The van der Waals surface area contributed by atoms with Gasteiger partial charge in [0.2, 0.25) is 0 Å². The number of nitrogens with one attached hydrogen (secondary N) is 1. The van der Waals surface area contributed by atoms with Crippen LogP contribution in [0.5, 0.6) is 0 Å². The van der Waals surface area contributed by atoms with Crippen LogP contribution in [0.1, 0.15) is 38.2 Å². The Balaban J connectivity index is 0.000000172. The third-order valence-electron chi connectivity index (χ3n) is 7.25. The number of halogens is 2. The lowest BCUT2D eigenvalue weighted by Gasteiger charge is -2.09. The molecule has 0 aliphatic carbocycles. The lowest BCUT2D eigenvalue weighted by atomic mass is 10.0. The molecule has 4 heterocycles. The molecule has 0 saturated carbocycles. The van der Waals surface area contributed by atoms with Crippen LogP contribution in [-0.2, 0) is 24.2 Å². The van der Waals surface area contributed by atoms with Gasteiger partial charge in [-0.2, -0.15) is 0 Å². The summed E-state index contributed by atoms with van der Waals surface area (Å²) in [6.45, 7) is 0.214. The summed E-state index contributed by atoms with van der Waals surface area (Å²) in [5.74, 6) is -0.963. The van der Waals surface area contributed by atoms with Crippen molar-refractivity contribution >= 4 is 63.7 Å². The van der Waals surface area contributed by atoms with Gasteiger partial charge in [0.1, 0.15) is 16.9 Å². The summed E-state index contributed by atoms with van der Waals surface area (Å²) in [5.41, 5.74) is 8.52. The van der Waals surface area contributed by atoms with Crippen molar-refractivity contribution in [2.45, 2.75) is 19.4 Å². The van der Waals surface area contributed by atoms with Crippen LogP contribution in [-0.4, -0.2) is 38.6 Å². The van der Waals surface area contributed by atoms with Crippen molar-refractivity contribution in [3.05, 3.63) is 147 Å². The van der Waals surface area contributed by atoms with E-state index in [1.54, 1.807) is 36.7 Å². The number of carbonyl (C=O) groups excluding carboxylic acids is 1. The molecule has 2 N–H and O–H groups in total. The van der Waals surface area contributed by atoms with Crippen LogP contribution in [0.3, 0.4) is 0 Å². The molecule has 228 valence electrons. The number of ether oxygens (including phenoxy) is 1. The number of aromatic nitrogens is 2. The minimum Gasteiger partial charge on any atom is -0.478 e. The zero-order valence-electron chi connectivity index (χ0n) is 24.2. The summed E-state index contributed by atoms with van der Waals surface area (Å²) in [6.07, 6.45) is 4.04. The largest absolute Gasteiger partial charge is 0.478 e. The first-order valence-corrected chi connectivity index (χ1v) is 14.9. The van der Waals surface area contributed by atoms with Crippen molar-refractivity contribution in [3.8, 4) is 0 Å². The fourth-order valence-electron chi connectivity index (χ4n) is 5.08. The lowest BCUT2D eigenvalue weighted by molar-refractivity contribution is 0.0697. The molecule has 1 amide bonds. The predicted molar refractivity (Wildman–Crippen MR) is 178 cm³/mol. The van der Waals surface area contributed by atoms with E-state index in [2.05, 4.69) is 20.3 Å². The number of rotatable bonds is 6. The van der Waals surface area contributed by atoms with Gasteiger partial charge < -0.3 is 9.84 Å². The summed E-state index contributed by atoms with van der Waals surface area (Å²) in [4.78, 5) is 40.4. The average Bonchev–Trinajstić information content (AvgIpc) is 3.70. The van der Waals surface area contributed by atoms with Gasteiger partial charge in [-0.25, -0.2) is 24.5 Å². The van der Waals surface area contributed by atoms with Crippen LogP contribution >= 0.6 is 23.2 Å². The predicted octanol–water partition coefficient (Wildman–Crippen LogP) is 8.27. The second-order valence-electron chi connectivity index (χ2n) is 10.3. The number of nitrogens with zero attached hydrogens (tertiary/aromatic N) is 4.